The minimum Gasteiger partial charge on any atom is -0.508 e. The number of benzene rings is 3. The first-order valence-corrected chi connectivity index (χ1v) is 7.16. The van der Waals surface area contributed by atoms with Crippen molar-refractivity contribution in [2.75, 3.05) is 0 Å². The van der Waals surface area contributed by atoms with E-state index in [2.05, 4.69) is 0 Å². The Labute approximate surface area is 144 Å². The van der Waals surface area contributed by atoms with Gasteiger partial charge in [0.1, 0.15) is 23.0 Å². The van der Waals surface area contributed by atoms with Crippen molar-refractivity contribution in [2.45, 2.75) is 0 Å². The molecule has 0 unspecified atom stereocenters. The zero-order chi connectivity index (χ0) is 18.8. The van der Waals surface area contributed by atoms with E-state index < -0.39 is 34.8 Å². The Kier molecular flexibility index (Phi) is 4.57. The van der Waals surface area contributed by atoms with Crippen LogP contribution in [0.25, 0.3) is 0 Å². The number of phenolic OH excluding ortho intramolecular Hbond substituents is 2. The number of phenols is 2. The average molecular weight is 366 g/mol. The lowest BCUT2D eigenvalue weighted by molar-refractivity contribution is 0.330. The van der Waals surface area contributed by atoms with Gasteiger partial charge in [0.05, 0.1) is 0 Å². The highest BCUT2D eigenvalue weighted by Gasteiger charge is 2.29. The van der Waals surface area contributed by atoms with Crippen LogP contribution in [-0.4, -0.2) is 10.2 Å². The minimum absolute atomic E-state index is 0.131. The van der Waals surface area contributed by atoms with Crippen molar-refractivity contribution >= 4 is 0 Å². The fraction of sp³-hybridized carbons (Fsp3) is 0. The van der Waals surface area contributed by atoms with Crippen LogP contribution in [0.15, 0.2) is 48.5 Å². The number of halogens is 4. The molecule has 3 rings (SSSR count). The lowest BCUT2D eigenvalue weighted by Crippen LogP contribution is -2.03. The summed E-state index contributed by atoms with van der Waals surface area (Å²) in [6, 6.07) is 9.30. The molecule has 3 aromatic carbocycles. The first kappa shape index (κ1) is 17.4. The highest BCUT2D eigenvalue weighted by atomic mass is 19.2. The molecule has 26 heavy (non-hydrogen) atoms. The Morgan fingerprint density at radius 2 is 0.769 bits per heavy atom. The number of hydrogen-bond acceptors (Lipinski definition) is 4. The van der Waals surface area contributed by atoms with Crippen molar-refractivity contribution in [1.29, 1.82) is 0 Å². The van der Waals surface area contributed by atoms with E-state index in [4.69, 9.17) is 19.7 Å². The van der Waals surface area contributed by atoms with E-state index in [0.717, 1.165) is 24.3 Å². The standard InChI is InChI=1S/C18H10F4O4/c19-13-15(21)18(26-12-7-3-10(24)4-8-12)16(22)14(20)17(13)25-11-5-1-9(23)2-6-11/h1-8,23-24H. The van der Waals surface area contributed by atoms with Crippen LogP contribution in [0, 0.1) is 23.3 Å². The van der Waals surface area contributed by atoms with Gasteiger partial charge in [0.2, 0.25) is 34.8 Å². The predicted octanol–water partition coefficient (Wildman–Crippen LogP) is 5.24. The molecular formula is C18H10F4O4. The van der Waals surface area contributed by atoms with Crippen molar-refractivity contribution in [3.8, 4) is 34.5 Å². The van der Waals surface area contributed by atoms with Gasteiger partial charge in [-0.15, -0.1) is 0 Å². The molecule has 0 radical (unpaired) electrons. The Balaban J connectivity index is 1.98. The lowest BCUT2D eigenvalue weighted by atomic mass is 10.2. The summed E-state index contributed by atoms with van der Waals surface area (Å²) in [5.41, 5.74) is 0. The molecule has 8 heteroatoms. The second-order valence-electron chi connectivity index (χ2n) is 5.11. The smallest absolute Gasteiger partial charge is 0.208 e. The van der Waals surface area contributed by atoms with E-state index in [0.29, 0.717) is 0 Å². The Morgan fingerprint density at radius 3 is 1.04 bits per heavy atom. The second-order valence-corrected chi connectivity index (χ2v) is 5.11. The molecule has 2 N–H and O–H groups in total. The van der Waals surface area contributed by atoms with Crippen LogP contribution in [-0.2, 0) is 0 Å². The van der Waals surface area contributed by atoms with Gasteiger partial charge in [0, 0.05) is 0 Å². The van der Waals surface area contributed by atoms with Gasteiger partial charge < -0.3 is 19.7 Å². The van der Waals surface area contributed by atoms with Gasteiger partial charge in [0.15, 0.2) is 0 Å². The zero-order valence-electron chi connectivity index (χ0n) is 12.8. The maximum absolute atomic E-state index is 14.2. The molecule has 0 aliphatic carbocycles. The normalized spacial score (nSPS) is 10.6. The fourth-order valence-corrected chi connectivity index (χ4v) is 2.03. The third-order valence-electron chi connectivity index (χ3n) is 3.30. The van der Waals surface area contributed by atoms with E-state index in [-0.39, 0.29) is 23.0 Å². The molecule has 134 valence electrons. The van der Waals surface area contributed by atoms with Crippen LogP contribution in [0.3, 0.4) is 0 Å². The van der Waals surface area contributed by atoms with E-state index >= 15 is 0 Å². The number of hydrogen-bond donors (Lipinski definition) is 2. The molecule has 0 saturated carbocycles. The molecule has 0 heterocycles. The molecule has 0 fully saturated rings. The zero-order valence-corrected chi connectivity index (χ0v) is 12.8. The fourth-order valence-electron chi connectivity index (χ4n) is 2.03. The molecule has 0 aliphatic rings. The highest BCUT2D eigenvalue weighted by molar-refractivity contribution is 5.44. The summed E-state index contributed by atoms with van der Waals surface area (Å²) in [5.74, 6) is -10.3. The van der Waals surface area contributed by atoms with Gasteiger partial charge in [0.25, 0.3) is 0 Å². The van der Waals surface area contributed by atoms with Crippen molar-refractivity contribution in [1.82, 2.24) is 0 Å². The summed E-state index contributed by atoms with van der Waals surface area (Å²) >= 11 is 0. The van der Waals surface area contributed by atoms with E-state index in [9.17, 15) is 17.6 Å². The number of rotatable bonds is 4. The van der Waals surface area contributed by atoms with Crippen molar-refractivity contribution in [2.24, 2.45) is 0 Å². The minimum atomic E-state index is -1.79. The third-order valence-corrected chi connectivity index (χ3v) is 3.30. The summed E-state index contributed by atoms with van der Waals surface area (Å²) in [6.07, 6.45) is 0. The van der Waals surface area contributed by atoms with Gasteiger partial charge in [-0.05, 0) is 48.5 Å². The molecule has 0 spiro atoms. The summed E-state index contributed by atoms with van der Waals surface area (Å²) in [7, 11) is 0. The first-order valence-electron chi connectivity index (χ1n) is 7.16. The molecule has 0 saturated heterocycles. The van der Waals surface area contributed by atoms with Crippen LogP contribution >= 0.6 is 0 Å². The molecule has 0 bridgehead atoms. The maximum Gasteiger partial charge on any atom is 0.208 e. The second kappa shape index (κ2) is 6.83. The lowest BCUT2D eigenvalue weighted by Gasteiger charge is -2.13. The predicted molar refractivity (Wildman–Crippen MR) is 82.6 cm³/mol. The van der Waals surface area contributed by atoms with E-state index in [1.807, 2.05) is 0 Å². The van der Waals surface area contributed by atoms with E-state index in [1.54, 1.807) is 0 Å². The Morgan fingerprint density at radius 1 is 0.500 bits per heavy atom. The van der Waals surface area contributed by atoms with Crippen LogP contribution < -0.4 is 9.47 Å². The summed E-state index contributed by atoms with van der Waals surface area (Å²) in [4.78, 5) is 0. The average Bonchev–Trinajstić information content (AvgIpc) is 2.64. The Bertz CT molecular complexity index is 833. The van der Waals surface area contributed by atoms with Gasteiger partial charge in [-0.25, -0.2) is 0 Å². The van der Waals surface area contributed by atoms with Crippen LogP contribution in [0.4, 0.5) is 17.6 Å². The molecule has 0 atom stereocenters. The van der Waals surface area contributed by atoms with Gasteiger partial charge >= 0.3 is 0 Å². The van der Waals surface area contributed by atoms with Crippen LogP contribution in [0.2, 0.25) is 0 Å². The monoisotopic (exact) mass is 366 g/mol. The molecule has 0 amide bonds. The van der Waals surface area contributed by atoms with Gasteiger partial charge in [-0.2, -0.15) is 17.6 Å². The van der Waals surface area contributed by atoms with Crippen LogP contribution in [0.1, 0.15) is 0 Å². The van der Waals surface area contributed by atoms with Gasteiger partial charge in [-0.1, -0.05) is 0 Å². The number of aromatic hydroxyl groups is 2. The highest BCUT2D eigenvalue weighted by Crippen LogP contribution is 2.39. The summed E-state index contributed by atoms with van der Waals surface area (Å²) < 4.78 is 66.3. The van der Waals surface area contributed by atoms with Crippen molar-refractivity contribution < 1.29 is 37.2 Å². The Hall–Kier alpha value is -3.42. The summed E-state index contributed by atoms with van der Waals surface area (Å²) in [6.45, 7) is 0. The topological polar surface area (TPSA) is 58.9 Å². The molecule has 0 aromatic heterocycles. The summed E-state index contributed by atoms with van der Waals surface area (Å²) in [5, 5.41) is 18.3. The molecule has 3 aromatic rings. The van der Waals surface area contributed by atoms with Crippen LogP contribution in [0.5, 0.6) is 34.5 Å². The molecular weight excluding hydrogens is 356 g/mol. The first-order chi connectivity index (χ1) is 12.4. The molecule has 0 aliphatic heterocycles. The maximum atomic E-state index is 14.2. The quantitative estimate of drug-likeness (QED) is 0.490. The third kappa shape index (κ3) is 3.34. The van der Waals surface area contributed by atoms with Crippen molar-refractivity contribution in [3.63, 3.8) is 0 Å². The van der Waals surface area contributed by atoms with Crippen molar-refractivity contribution in [3.05, 3.63) is 71.8 Å². The molecule has 4 nitrogen and oxygen atoms in total. The number of ether oxygens (including phenoxy) is 2. The SMILES string of the molecule is Oc1ccc(Oc2c(F)c(F)c(Oc3ccc(O)cc3)c(F)c2F)cc1. The van der Waals surface area contributed by atoms with Gasteiger partial charge in [-0.3, -0.25) is 0 Å². The largest absolute Gasteiger partial charge is 0.508 e. The van der Waals surface area contributed by atoms with E-state index in [1.165, 1.54) is 24.3 Å².